The van der Waals surface area contributed by atoms with Crippen molar-refractivity contribution in [3.05, 3.63) is 51.5 Å². The molecule has 128 valence electrons. The highest BCUT2D eigenvalue weighted by molar-refractivity contribution is 7.12. The summed E-state index contributed by atoms with van der Waals surface area (Å²) in [6.07, 6.45) is 5.67. The zero-order valence-electron chi connectivity index (χ0n) is 14.6. The van der Waals surface area contributed by atoms with Gasteiger partial charge < -0.3 is 0 Å². The first-order valence-corrected chi connectivity index (χ1v) is 9.22. The number of fused-ring (bicyclic) bond motifs is 1. The first kappa shape index (κ1) is 16.0. The summed E-state index contributed by atoms with van der Waals surface area (Å²) in [5, 5.41) is 4.22. The second-order valence-electron chi connectivity index (χ2n) is 6.47. The predicted octanol–water partition coefficient (Wildman–Crippen LogP) is 3.75. The van der Waals surface area contributed by atoms with Gasteiger partial charge in [-0.1, -0.05) is 6.07 Å². The zero-order valence-corrected chi connectivity index (χ0v) is 15.4. The zero-order chi connectivity index (χ0) is 17.6. The quantitative estimate of drug-likeness (QED) is 0.706. The maximum atomic E-state index is 13.1. The molecule has 0 aromatic carbocycles. The van der Waals surface area contributed by atoms with Crippen molar-refractivity contribution >= 4 is 23.1 Å². The number of thiophene rings is 1. The van der Waals surface area contributed by atoms with E-state index in [0.717, 1.165) is 50.8 Å². The van der Waals surface area contributed by atoms with E-state index in [4.69, 9.17) is 4.98 Å². The van der Waals surface area contributed by atoms with Crippen molar-refractivity contribution in [2.75, 3.05) is 11.4 Å². The summed E-state index contributed by atoms with van der Waals surface area (Å²) < 4.78 is 1.76. The van der Waals surface area contributed by atoms with Crippen molar-refractivity contribution < 1.29 is 4.79 Å². The van der Waals surface area contributed by atoms with Crippen LogP contribution in [0.4, 0.5) is 5.82 Å². The van der Waals surface area contributed by atoms with Gasteiger partial charge in [0.05, 0.1) is 17.5 Å². The molecular formula is C19H20N4OS. The summed E-state index contributed by atoms with van der Waals surface area (Å²) in [7, 11) is 1.89. The van der Waals surface area contributed by atoms with Gasteiger partial charge >= 0.3 is 0 Å². The Hall–Kier alpha value is -2.47. The molecule has 0 aliphatic carbocycles. The minimum absolute atomic E-state index is 0.0543. The second kappa shape index (κ2) is 6.11. The number of carbonyl (C=O) groups excluding carboxylic acids is 1. The van der Waals surface area contributed by atoms with Gasteiger partial charge in [0.2, 0.25) is 0 Å². The Morgan fingerprint density at radius 1 is 1.28 bits per heavy atom. The number of pyridine rings is 1. The van der Waals surface area contributed by atoms with Gasteiger partial charge in [-0.3, -0.25) is 14.4 Å². The molecule has 0 spiro atoms. The van der Waals surface area contributed by atoms with Crippen molar-refractivity contribution in [1.82, 2.24) is 14.8 Å². The number of hydrogen-bond acceptors (Lipinski definition) is 4. The molecule has 3 aromatic rings. The first-order chi connectivity index (χ1) is 12.0. The van der Waals surface area contributed by atoms with Gasteiger partial charge in [0, 0.05) is 35.1 Å². The van der Waals surface area contributed by atoms with E-state index < -0.39 is 0 Å². The van der Waals surface area contributed by atoms with E-state index in [1.165, 1.54) is 0 Å². The number of anilines is 1. The van der Waals surface area contributed by atoms with Crippen molar-refractivity contribution in [2.24, 2.45) is 7.05 Å². The molecule has 1 amide bonds. The SMILES string of the molecule is Cc1cc(C(=O)N2CCCc3ccc(-c4cnn(C)c4)nc32)c(C)s1. The molecule has 0 saturated carbocycles. The molecule has 1 aliphatic heterocycles. The molecule has 0 bridgehead atoms. The molecule has 4 rings (SSSR count). The molecule has 0 saturated heterocycles. The fourth-order valence-electron chi connectivity index (χ4n) is 3.34. The highest BCUT2D eigenvalue weighted by Gasteiger charge is 2.27. The number of hydrogen-bond donors (Lipinski definition) is 0. The smallest absolute Gasteiger partial charge is 0.260 e. The van der Waals surface area contributed by atoms with E-state index in [2.05, 4.69) is 11.2 Å². The number of carbonyl (C=O) groups is 1. The molecule has 0 fully saturated rings. The third-order valence-corrected chi connectivity index (χ3v) is 5.52. The van der Waals surface area contributed by atoms with Crippen LogP contribution in [0.5, 0.6) is 0 Å². The molecule has 0 unspecified atom stereocenters. The van der Waals surface area contributed by atoms with Crippen molar-refractivity contribution in [3.63, 3.8) is 0 Å². The monoisotopic (exact) mass is 352 g/mol. The molecule has 3 aromatic heterocycles. The van der Waals surface area contributed by atoms with Crippen LogP contribution in [-0.4, -0.2) is 27.2 Å². The maximum absolute atomic E-state index is 13.1. The Morgan fingerprint density at radius 2 is 2.12 bits per heavy atom. The number of aryl methyl sites for hydroxylation is 4. The Bertz CT molecular complexity index is 956. The van der Waals surface area contributed by atoms with E-state index in [-0.39, 0.29) is 5.91 Å². The van der Waals surface area contributed by atoms with E-state index in [9.17, 15) is 4.79 Å². The summed E-state index contributed by atoms with van der Waals surface area (Å²) in [6, 6.07) is 6.10. The Morgan fingerprint density at radius 3 is 2.80 bits per heavy atom. The van der Waals surface area contributed by atoms with Gasteiger partial charge in [-0.2, -0.15) is 5.10 Å². The van der Waals surface area contributed by atoms with Gasteiger partial charge in [-0.25, -0.2) is 4.98 Å². The fraction of sp³-hybridized carbons (Fsp3) is 0.316. The predicted molar refractivity (Wildman–Crippen MR) is 100 cm³/mol. The Balaban J connectivity index is 1.75. The standard InChI is InChI=1S/C19H20N4OS/c1-12-9-16(13(2)25-12)19(24)23-8-4-5-14-6-7-17(21-18(14)23)15-10-20-22(3)11-15/h6-7,9-11H,4-5,8H2,1-3H3. The van der Waals surface area contributed by atoms with Gasteiger partial charge in [-0.05, 0) is 44.4 Å². The molecule has 0 atom stereocenters. The average molecular weight is 352 g/mol. The Kier molecular flexibility index (Phi) is 3.92. The van der Waals surface area contributed by atoms with Crippen LogP contribution in [0.1, 0.15) is 32.1 Å². The largest absolute Gasteiger partial charge is 0.292 e. The van der Waals surface area contributed by atoms with Crippen LogP contribution in [0.2, 0.25) is 0 Å². The number of aromatic nitrogens is 3. The fourth-order valence-corrected chi connectivity index (χ4v) is 4.26. The topological polar surface area (TPSA) is 51.0 Å². The number of amides is 1. The molecule has 25 heavy (non-hydrogen) atoms. The van der Waals surface area contributed by atoms with E-state index in [1.54, 1.807) is 22.2 Å². The van der Waals surface area contributed by atoms with Crippen LogP contribution in [0.25, 0.3) is 11.3 Å². The van der Waals surface area contributed by atoms with Crippen LogP contribution >= 0.6 is 11.3 Å². The highest BCUT2D eigenvalue weighted by atomic mass is 32.1. The molecule has 5 nitrogen and oxygen atoms in total. The molecular weight excluding hydrogens is 332 g/mol. The number of rotatable bonds is 2. The van der Waals surface area contributed by atoms with Gasteiger partial charge in [0.25, 0.3) is 5.91 Å². The minimum Gasteiger partial charge on any atom is -0.292 e. The van der Waals surface area contributed by atoms with Crippen molar-refractivity contribution in [3.8, 4) is 11.3 Å². The normalized spacial score (nSPS) is 13.8. The first-order valence-electron chi connectivity index (χ1n) is 8.41. The van der Waals surface area contributed by atoms with Gasteiger partial charge in [-0.15, -0.1) is 11.3 Å². The molecule has 4 heterocycles. The third kappa shape index (κ3) is 2.87. The van der Waals surface area contributed by atoms with Crippen LogP contribution < -0.4 is 4.90 Å². The lowest BCUT2D eigenvalue weighted by Crippen LogP contribution is -2.36. The minimum atomic E-state index is 0.0543. The van der Waals surface area contributed by atoms with E-state index in [1.807, 2.05) is 44.1 Å². The van der Waals surface area contributed by atoms with Crippen LogP contribution in [0, 0.1) is 13.8 Å². The van der Waals surface area contributed by atoms with E-state index in [0.29, 0.717) is 6.54 Å². The lowest BCUT2D eigenvalue weighted by Gasteiger charge is -2.28. The lowest BCUT2D eigenvalue weighted by atomic mass is 10.0. The van der Waals surface area contributed by atoms with Crippen LogP contribution in [0.3, 0.4) is 0 Å². The van der Waals surface area contributed by atoms with Crippen molar-refractivity contribution in [2.45, 2.75) is 26.7 Å². The lowest BCUT2D eigenvalue weighted by molar-refractivity contribution is 0.0984. The maximum Gasteiger partial charge on any atom is 0.260 e. The number of nitrogens with zero attached hydrogens (tertiary/aromatic N) is 4. The van der Waals surface area contributed by atoms with Gasteiger partial charge in [0.15, 0.2) is 0 Å². The summed E-state index contributed by atoms with van der Waals surface area (Å²) in [5.41, 5.74) is 3.75. The molecule has 6 heteroatoms. The third-order valence-electron chi connectivity index (χ3n) is 4.56. The Labute approximate surface area is 150 Å². The molecule has 0 radical (unpaired) electrons. The second-order valence-corrected chi connectivity index (χ2v) is 7.93. The highest BCUT2D eigenvalue weighted by Crippen LogP contribution is 2.31. The van der Waals surface area contributed by atoms with Crippen molar-refractivity contribution in [1.29, 1.82) is 0 Å². The van der Waals surface area contributed by atoms with Crippen LogP contribution in [-0.2, 0) is 13.5 Å². The van der Waals surface area contributed by atoms with E-state index >= 15 is 0 Å². The van der Waals surface area contributed by atoms with Gasteiger partial charge in [0.1, 0.15) is 5.82 Å². The average Bonchev–Trinajstić information content (AvgIpc) is 3.18. The summed E-state index contributed by atoms with van der Waals surface area (Å²) in [4.78, 5) is 22.0. The van der Waals surface area contributed by atoms with Crippen LogP contribution in [0.15, 0.2) is 30.6 Å². The summed E-state index contributed by atoms with van der Waals surface area (Å²) >= 11 is 1.67. The molecule has 0 N–H and O–H groups in total. The summed E-state index contributed by atoms with van der Waals surface area (Å²) in [5.74, 6) is 0.847. The summed E-state index contributed by atoms with van der Waals surface area (Å²) in [6.45, 7) is 4.76. The molecule has 1 aliphatic rings.